The third kappa shape index (κ3) is 4.74. The minimum Gasteiger partial charge on any atom is -0.350 e. The van der Waals surface area contributed by atoms with Crippen molar-refractivity contribution in [2.45, 2.75) is 25.6 Å². The number of hydrogen-bond donors (Lipinski definition) is 2. The molecule has 1 aliphatic heterocycles. The van der Waals surface area contributed by atoms with Crippen LogP contribution in [0.1, 0.15) is 33.5 Å². The van der Waals surface area contributed by atoms with E-state index in [1.54, 1.807) is 26.1 Å². The molecule has 3 amide bonds. The van der Waals surface area contributed by atoms with Crippen LogP contribution in [0.4, 0.5) is 4.39 Å². The van der Waals surface area contributed by atoms with E-state index in [2.05, 4.69) is 15.7 Å². The van der Waals surface area contributed by atoms with E-state index < -0.39 is 11.4 Å². The molecule has 0 bridgehead atoms. The van der Waals surface area contributed by atoms with E-state index >= 15 is 0 Å². The molecule has 1 aliphatic rings. The number of nitrogens with one attached hydrogen (secondary N) is 2. The molecule has 0 radical (unpaired) electrons. The van der Waals surface area contributed by atoms with Gasteiger partial charge in [0.05, 0.1) is 6.54 Å². The summed E-state index contributed by atoms with van der Waals surface area (Å²) in [6.45, 7) is 3.07. The van der Waals surface area contributed by atoms with Gasteiger partial charge in [0, 0.05) is 32.7 Å². The molecule has 2 N–H and O–H groups in total. The van der Waals surface area contributed by atoms with Crippen molar-refractivity contribution in [2.75, 3.05) is 34.2 Å². The predicted molar refractivity (Wildman–Crippen MR) is 112 cm³/mol. The van der Waals surface area contributed by atoms with Gasteiger partial charge in [0.2, 0.25) is 5.91 Å². The molecule has 0 unspecified atom stereocenters. The maximum atomic E-state index is 13.1. The minimum absolute atomic E-state index is 0.102. The topological polar surface area (TPSA) is 99.6 Å². The number of nitrogens with zero attached hydrogens (tertiary/aromatic N) is 4. The van der Waals surface area contributed by atoms with Crippen LogP contribution in [-0.4, -0.2) is 77.1 Å². The molecule has 166 valence electrons. The summed E-state index contributed by atoms with van der Waals surface area (Å²) in [6.07, 6.45) is 0. The van der Waals surface area contributed by atoms with Crippen LogP contribution >= 0.6 is 0 Å². The maximum Gasteiger partial charge on any atom is 0.272 e. The fraction of sp³-hybridized carbons (Fsp3) is 0.429. The molecule has 0 saturated carbocycles. The van der Waals surface area contributed by atoms with Gasteiger partial charge in [-0.2, -0.15) is 5.10 Å². The van der Waals surface area contributed by atoms with Gasteiger partial charge in [-0.15, -0.1) is 0 Å². The van der Waals surface area contributed by atoms with Crippen LogP contribution in [-0.2, 0) is 17.9 Å². The molecule has 0 spiro atoms. The highest BCUT2D eigenvalue weighted by Gasteiger charge is 2.46. The summed E-state index contributed by atoms with van der Waals surface area (Å²) in [5, 5.41) is 9.82. The van der Waals surface area contributed by atoms with Crippen molar-refractivity contribution in [3.05, 3.63) is 53.1 Å². The second-order valence-corrected chi connectivity index (χ2v) is 8.08. The Kier molecular flexibility index (Phi) is 6.40. The molecule has 0 aliphatic carbocycles. The number of carbonyl (C=O) groups is 3. The monoisotopic (exact) mass is 430 g/mol. The third-order valence-corrected chi connectivity index (χ3v) is 5.43. The first-order chi connectivity index (χ1) is 14.6. The van der Waals surface area contributed by atoms with Gasteiger partial charge < -0.3 is 20.4 Å². The minimum atomic E-state index is -1.20. The van der Waals surface area contributed by atoms with E-state index in [0.29, 0.717) is 13.1 Å². The van der Waals surface area contributed by atoms with Crippen LogP contribution in [0, 0.1) is 5.82 Å². The highest BCUT2D eigenvalue weighted by molar-refractivity contribution is 6.01. The lowest BCUT2D eigenvalue weighted by atomic mass is 9.96. The molecule has 0 saturated heterocycles. The summed E-state index contributed by atoms with van der Waals surface area (Å²) in [4.78, 5) is 41.5. The van der Waals surface area contributed by atoms with E-state index in [0.717, 1.165) is 5.56 Å². The zero-order valence-corrected chi connectivity index (χ0v) is 18.1. The highest BCUT2D eigenvalue weighted by Crippen LogP contribution is 2.26. The molecule has 1 aromatic carbocycles. The number of halogens is 1. The number of hydrogen-bond acceptors (Lipinski definition) is 5. The number of amides is 3. The molecule has 0 fully saturated rings. The number of likely N-dealkylation sites (N-methyl/N-ethyl adjacent to an activating group) is 2. The molecule has 2 aromatic rings. The van der Waals surface area contributed by atoms with Crippen LogP contribution in [0.15, 0.2) is 30.3 Å². The van der Waals surface area contributed by atoms with Gasteiger partial charge in [-0.3, -0.25) is 19.1 Å². The Bertz CT molecular complexity index is 988. The lowest BCUT2D eigenvalue weighted by Gasteiger charge is -2.40. The van der Waals surface area contributed by atoms with Crippen molar-refractivity contribution in [2.24, 2.45) is 0 Å². The summed E-state index contributed by atoms with van der Waals surface area (Å²) in [5.74, 6) is -1.49. The normalized spacial score (nSPS) is 18.1. The summed E-state index contributed by atoms with van der Waals surface area (Å²) in [5.41, 5.74) is -0.0791. The van der Waals surface area contributed by atoms with Gasteiger partial charge in [0.1, 0.15) is 17.1 Å². The number of carbonyl (C=O) groups excluding carboxylic acids is 3. The lowest BCUT2D eigenvalue weighted by molar-refractivity contribution is -0.132. The van der Waals surface area contributed by atoms with Gasteiger partial charge in [-0.05, 0) is 38.7 Å². The number of benzene rings is 1. The van der Waals surface area contributed by atoms with Crippen LogP contribution < -0.4 is 10.6 Å². The Hall–Kier alpha value is -3.27. The lowest BCUT2D eigenvalue weighted by Crippen LogP contribution is -2.62. The standard InChI is InChI=1S/C21H27FN6O3/c1-21(20(31)24-12-14-5-7-15(22)8-6-14)13-28-17(19(30)27(21)4)11-16(25-28)18(29)23-9-10-26(2)3/h5-8,11H,9-10,12-13H2,1-4H3,(H,23,29)(H,24,31)/t21-/m1/s1. The average Bonchev–Trinajstić information content (AvgIpc) is 3.15. The van der Waals surface area contributed by atoms with Crippen molar-refractivity contribution >= 4 is 17.7 Å². The fourth-order valence-corrected chi connectivity index (χ4v) is 3.30. The second kappa shape index (κ2) is 8.84. The summed E-state index contributed by atoms with van der Waals surface area (Å²) in [7, 11) is 5.35. The Labute approximate surface area is 180 Å². The van der Waals surface area contributed by atoms with Crippen molar-refractivity contribution in [3.8, 4) is 0 Å². The van der Waals surface area contributed by atoms with Crippen LogP contribution in [0.25, 0.3) is 0 Å². The predicted octanol–water partition coefficient (Wildman–Crippen LogP) is 0.474. The first-order valence-electron chi connectivity index (χ1n) is 9.93. The second-order valence-electron chi connectivity index (χ2n) is 8.08. The van der Waals surface area contributed by atoms with Crippen molar-refractivity contribution < 1.29 is 18.8 Å². The van der Waals surface area contributed by atoms with Crippen molar-refractivity contribution in [1.29, 1.82) is 0 Å². The van der Waals surface area contributed by atoms with E-state index in [1.807, 2.05) is 19.0 Å². The van der Waals surface area contributed by atoms with Gasteiger partial charge in [0.25, 0.3) is 11.8 Å². The fourth-order valence-electron chi connectivity index (χ4n) is 3.30. The molecule has 3 rings (SSSR count). The molecule has 1 atom stereocenters. The Morgan fingerprint density at radius 1 is 1.23 bits per heavy atom. The van der Waals surface area contributed by atoms with E-state index in [-0.39, 0.29) is 42.1 Å². The maximum absolute atomic E-state index is 13.1. The summed E-state index contributed by atoms with van der Waals surface area (Å²) < 4.78 is 14.5. The Balaban J connectivity index is 1.72. The van der Waals surface area contributed by atoms with Gasteiger partial charge >= 0.3 is 0 Å². The number of rotatable bonds is 7. The molecule has 31 heavy (non-hydrogen) atoms. The Morgan fingerprint density at radius 3 is 2.55 bits per heavy atom. The zero-order valence-electron chi connectivity index (χ0n) is 18.1. The highest BCUT2D eigenvalue weighted by atomic mass is 19.1. The average molecular weight is 430 g/mol. The summed E-state index contributed by atoms with van der Waals surface area (Å²) in [6, 6.07) is 7.25. The number of aromatic nitrogens is 2. The Morgan fingerprint density at radius 2 is 1.90 bits per heavy atom. The summed E-state index contributed by atoms with van der Waals surface area (Å²) >= 11 is 0. The molecule has 10 heteroatoms. The zero-order chi connectivity index (χ0) is 22.8. The van der Waals surface area contributed by atoms with Crippen LogP contribution in [0.3, 0.4) is 0 Å². The largest absolute Gasteiger partial charge is 0.350 e. The van der Waals surface area contributed by atoms with Crippen molar-refractivity contribution in [3.63, 3.8) is 0 Å². The van der Waals surface area contributed by atoms with E-state index in [1.165, 1.54) is 27.8 Å². The van der Waals surface area contributed by atoms with Gasteiger partial charge in [-0.25, -0.2) is 4.39 Å². The van der Waals surface area contributed by atoms with E-state index in [4.69, 9.17) is 0 Å². The van der Waals surface area contributed by atoms with Gasteiger partial charge in [-0.1, -0.05) is 12.1 Å². The van der Waals surface area contributed by atoms with E-state index in [9.17, 15) is 18.8 Å². The SMILES string of the molecule is CN(C)CCNC(=O)c1cc2n(n1)C[C@](C)(C(=O)NCc1ccc(F)cc1)N(C)C2=O. The molecular weight excluding hydrogens is 403 g/mol. The molecular formula is C21H27FN6O3. The van der Waals surface area contributed by atoms with Crippen LogP contribution in [0.2, 0.25) is 0 Å². The molecule has 9 nitrogen and oxygen atoms in total. The first-order valence-corrected chi connectivity index (χ1v) is 9.93. The first kappa shape index (κ1) is 22.4. The quantitative estimate of drug-likeness (QED) is 0.666. The molecule has 2 heterocycles. The third-order valence-electron chi connectivity index (χ3n) is 5.43. The molecule has 1 aromatic heterocycles. The number of fused-ring (bicyclic) bond motifs is 1. The van der Waals surface area contributed by atoms with Gasteiger partial charge in [0.15, 0.2) is 5.69 Å². The van der Waals surface area contributed by atoms with Crippen molar-refractivity contribution in [1.82, 2.24) is 30.2 Å². The smallest absolute Gasteiger partial charge is 0.272 e. The van der Waals surface area contributed by atoms with Crippen LogP contribution in [0.5, 0.6) is 0 Å².